The molecule has 0 aromatic heterocycles. The topological polar surface area (TPSA) is 793 Å². The van der Waals surface area contributed by atoms with Crippen LogP contribution in [0.1, 0.15) is 160 Å². The summed E-state index contributed by atoms with van der Waals surface area (Å²) in [5.74, 6) is -27.9. The first kappa shape index (κ1) is 103. The molecule has 648 valence electrons. The van der Waals surface area contributed by atoms with Crippen LogP contribution in [0.5, 0.6) is 0 Å². The van der Waals surface area contributed by atoms with Crippen LogP contribution in [0.3, 0.4) is 0 Å². The zero-order valence-corrected chi connectivity index (χ0v) is 66.4. The summed E-state index contributed by atoms with van der Waals surface area (Å²) in [6.45, 7) is 16.9. The number of carbonyl (C=O) groups is 20. The van der Waals surface area contributed by atoms with Crippen LogP contribution < -0.4 is 114 Å². The highest BCUT2D eigenvalue weighted by molar-refractivity contribution is 6.02. The molecule has 0 saturated carbocycles. The number of guanidine groups is 2. The molecule has 0 unspecified atom stereocenters. The van der Waals surface area contributed by atoms with Gasteiger partial charge in [0.1, 0.15) is 78.5 Å². The molecule has 16 amide bonds. The molecule has 0 radical (unpaired) electrons. The Hall–Kier alpha value is -12.1. The third-order valence-corrected chi connectivity index (χ3v) is 16.8. The van der Waals surface area contributed by atoms with Gasteiger partial charge in [-0.25, -0.2) is 4.79 Å². The molecule has 0 spiro atoms. The van der Waals surface area contributed by atoms with Gasteiger partial charge in [-0.15, -0.1) is 0 Å². The molecule has 0 aromatic rings. The van der Waals surface area contributed by atoms with Crippen LogP contribution in [0.4, 0.5) is 0 Å². The Morgan fingerprint density at radius 2 is 0.609 bits per heavy atom. The summed E-state index contributed by atoms with van der Waals surface area (Å²) in [6, 6.07) is -22.7. The van der Waals surface area contributed by atoms with Gasteiger partial charge < -0.3 is 134 Å². The number of carbonyl (C=O) groups excluding carboxylic acids is 16. The largest absolute Gasteiger partial charge is 0.481 e. The summed E-state index contributed by atoms with van der Waals surface area (Å²) in [6.07, 6.45) is -6.27. The third-order valence-electron chi connectivity index (χ3n) is 16.8. The number of aliphatic carboxylic acids is 4. The Morgan fingerprint density at radius 1 is 0.313 bits per heavy atom. The van der Waals surface area contributed by atoms with Gasteiger partial charge in [-0.05, 0) is 88.4 Å². The monoisotopic (exact) mass is 1640 g/mol. The lowest BCUT2D eigenvalue weighted by Gasteiger charge is -2.30. The Labute approximate surface area is 662 Å². The van der Waals surface area contributed by atoms with Crippen LogP contribution in [-0.4, -0.2) is 255 Å². The minimum Gasteiger partial charge on any atom is -0.481 e. The Balaban J connectivity index is 6.73. The van der Waals surface area contributed by atoms with E-state index in [1.165, 1.54) is 48.5 Å². The molecule has 0 aliphatic heterocycles. The van der Waals surface area contributed by atoms with Crippen molar-refractivity contribution in [2.45, 2.75) is 245 Å². The number of hydrogen-bond acceptors (Lipinski definition) is 23. The van der Waals surface area contributed by atoms with Gasteiger partial charge in [-0.3, -0.25) is 102 Å². The second-order valence-electron chi connectivity index (χ2n) is 28.9. The molecule has 14 atom stereocenters. The summed E-state index contributed by atoms with van der Waals surface area (Å²) < 4.78 is 0. The molecule has 0 saturated heterocycles. The van der Waals surface area contributed by atoms with Crippen LogP contribution in [-0.2, 0) is 95.9 Å². The van der Waals surface area contributed by atoms with Crippen LogP contribution in [0.25, 0.3) is 0 Å². The van der Waals surface area contributed by atoms with Crippen LogP contribution in [0.15, 0.2) is 0 Å². The van der Waals surface area contributed by atoms with Gasteiger partial charge in [0.2, 0.25) is 94.5 Å². The second kappa shape index (κ2) is 51.5. The van der Waals surface area contributed by atoms with E-state index < -0.39 is 284 Å². The van der Waals surface area contributed by atoms with E-state index in [1.807, 2.05) is 5.32 Å². The van der Waals surface area contributed by atoms with E-state index >= 15 is 0 Å². The Morgan fingerprint density at radius 3 is 0.939 bits per heavy atom. The molecule has 0 aliphatic rings. The van der Waals surface area contributed by atoms with E-state index in [0.29, 0.717) is 0 Å². The average Bonchev–Trinajstić information content (AvgIpc) is 0.814. The van der Waals surface area contributed by atoms with Crippen LogP contribution in [0, 0.1) is 40.4 Å². The molecule has 0 heterocycles. The molecular weight excluding hydrogens is 1520 g/mol. The fourth-order valence-corrected chi connectivity index (χ4v) is 10.6. The zero-order valence-electron chi connectivity index (χ0n) is 66.4. The lowest BCUT2D eigenvalue weighted by Crippen LogP contribution is -2.62. The van der Waals surface area contributed by atoms with Gasteiger partial charge in [0.15, 0.2) is 11.9 Å². The SMILES string of the molecule is CC(C)C[C@H](NC(=O)[C@H](CCCNC(=N)N)NC(=O)[C@H](CCC(=O)O)NC(=O)[C@H](C)NC(=O)CNC(=O)[C@@H](NC(=O)[C@@H](NC(=O)[C@@H](NC(=O)[C@H](CCC(=O)O)NC(=O)[C@H](CC(N)=O)NC(=O)[C@H](CC(N)=O)NC(=O)[C@H](CC(=O)O)NC(=O)[C@H](C)N)C(C)C)C(C)C)C(C)C)C(=O)N[C@@H](CCCNC(=N)N)C(=O)N[C@H](C(=O)O)C(C)C. The van der Waals surface area contributed by atoms with E-state index in [4.69, 9.17) is 39.5 Å². The normalized spacial score (nSPS) is 14.7. The minimum absolute atomic E-state index is 0.0198. The highest BCUT2D eigenvalue weighted by atomic mass is 16.4. The summed E-state index contributed by atoms with van der Waals surface area (Å²) in [5.41, 5.74) is 27.0. The van der Waals surface area contributed by atoms with E-state index in [1.54, 1.807) is 27.7 Å². The van der Waals surface area contributed by atoms with Crippen LogP contribution in [0.2, 0.25) is 0 Å². The van der Waals surface area contributed by atoms with Crippen molar-refractivity contribution in [1.29, 1.82) is 10.8 Å². The van der Waals surface area contributed by atoms with Gasteiger partial charge >= 0.3 is 23.9 Å². The van der Waals surface area contributed by atoms with Crippen molar-refractivity contribution in [3.05, 3.63) is 0 Å². The predicted molar refractivity (Wildman–Crippen MR) is 406 cm³/mol. The molecular formula is C68H117N23O24. The lowest BCUT2D eigenvalue weighted by atomic mass is 9.97. The fourth-order valence-electron chi connectivity index (χ4n) is 10.6. The highest BCUT2D eigenvalue weighted by Crippen LogP contribution is 2.15. The molecule has 47 heteroatoms. The summed E-state index contributed by atoms with van der Waals surface area (Å²) in [5, 5.41) is 91.2. The average molecular weight is 1640 g/mol. The molecule has 0 fully saturated rings. The smallest absolute Gasteiger partial charge is 0.326 e. The number of nitrogens with one attached hydrogen (secondary N) is 18. The molecule has 0 aromatic carbocycles. The lowest BCUT2D eigenvalue weighted by molar-refractivity contribution is -0.143. The quantitative estimate of drug-likeness (QED) is 0.0153. The number of amides is 16. The number of hydrogen-bond donors (Lipinski definition) is 27. The molecule has 0 rings (SSSR count). The number of carboxylic acid groups (broad SMARTS) is 4. The van der Waals surface area contributed by atoms with Gasteiger partial charge in [0, 0.05) is 25.9 Å². The van der Waals surface area contributed by atoms with E-state index in [-0.39, 0.29) is 57.1 Å². The van der Waals surface area contributed by atoms with E-state index in [0.717, 1.165) is 6.92 Å². The maximum Gasteiger partial charge on any atom is 0.326 e. The van der Waals surface area contributed by atoms with Crippen molar-refractivity contribution in [2.24, 2.45) is 58.3 Å². The van der Waals surface area contributed by atoms with Crippen molar-refractivity contribution in [2.75, 3.05) is 19.6 Å². The fraction of sp³-hybridized carbons (Fsp3) is 0.676. The van der Waals surface area contributed by atoms with E-state index in [2.05, 4.69) is 79.8 Å². The first-order chi connectivity index (χ1) is 53.3. The van der Waals surface area contributed by atoms with Gasteiger partial charge in [-0.1, -0.05) is 69.2 Å². The standard InChI is InChI=1S/C68H117N23O24/c1-28(2)23-39(59(107)82-36(16-14-22-77-68(74)75)57(105)91-52(32(9)10)66(114)115)85-55(103)35(15-13-21-76-67(72)73)81-56(104)37(17-19-46(95)96)80-54(102)34(12)79-45(94)27-78-63(111)49(29(3)4)89-65(113)51(31(7)8)90-64(112)50(30(5)6)88-58(106)38(18-20-47(97)98)83-60(108)40(24-43(70)92)86-61(109)41(25-44(71)93)87-62(110)42(26-48(99)100)84-53(101)33(11)69/h28-42,49-52H,13-27,69H2,1-12H3,(H2,70,92)(H2,71,93)(H,78,111)(H,79,94)(H,80,102)(H,81,104)(H,82,107)(H,83,108)(H,84,101)(H,85,103)(H,86,109)(H,87,110)(H,88,106)(H,89,113)(H,90,112)(H,91,105)(H,95,96)(H,97,98)(H,99,100)(H,114,115)(H4,72,73,76)(H4,74,75,77)/t33-,34-,35-,36-,37-,38-,39-,40-,41-,42-,49-,50-,51-,52-/m0/s1. The maximum absolute atomic E-state index is 14.3. The maximum atomic E-state index is 14.3. The van der Waals surface area contributed by atoms with E-state index in [9.17, 15) is 116 Å². The number of rotatable bonds is 55. The highest BCUT2D eigenvalue weighted by Gasteiger charge is 2.40. The first-order valence-corrected chi connectivity index (χ1v) is 36.9. The van der Waals surface area contributed by atoms with Gasteiger partial charge in [-0.2, -0.15) is 0 Å². The third kappa shape index (κ3) is 41.3. The second-order valence-corrected chi connectivity index (χ2v) is 28.9. The van der Waals surface area contributed by atoms with Crippen molar-refractivity contribution in [3.63, 3.8) is 0 Å². The van der Waals surface area contributed by atoms with Crippen LogP contribution >= 0.6 is 0 Å². The molecule has 0 aliphatic carbocycles. The summed E-state index contributed by atoms with van der Waals surface area (Å²) in [7, 11) is 0. The van der Waals surface area contributed by atoms with Crippen molar-refractivity contribution < 1.29 is 116 Å². The van der Waals surface area contributed by atoms with Crippen molar-refractivity contribution in [3.8, 4) is 0 Å². The number of carboxylic acids is 4. The van der Waals surface area contributed by atoms with Crippen molar-refractivity contribution in [1.82, 2.24) is 85.1 Å². The minimum atomic E-state index is -2.07. The zero-order chi connectivity index (χ0) is 88.6. The molecule has 115 heavy (non-hydrogen) atoms. The predicted octanol–water partition coefficient (Wildman–Crippen LogP) is -8.99. The van der Waals surface area contributed by atoms with Gasteiger partial charge in [0.25, 0.3) is 0 Å². The Kier molecular flexibility index (Phi) is 46.1. The molecule has 32 N–H and O–H groups in total. The number of nitrogens with two attached hydrogens (primary N) is 5. The summed E-state index contributed by atoms with van der Waals surface area (Å²) in [4.78, 5) is 264. The number of primary amides is 2. The van der Waals surface area contributed by atoms with Crippen molar-refractivity contribution >= 4 is 130 Å². The molecule has 47 nitrogen and oxygen atoms in total. The Bertz CT molecular complexity index is 3480. The van der Waals surface area contributed by atoms with Gasteiger partial charge in [0.05, 0.1) is 31.8 Å². The summed E-state index contributed by atoms with van der Waals surface area (Å²) >= 11 is 0. The first-order valence-electron chi connectivity index (χ1n) is 36.9. The molecule has 0 bridgehead atoms.